The number of aryl methyl sites for hydroxylation is 1. The van der Waals surface area contributed by atoms with Gasteiger partial charge in [-0.2, -0.15) is 5.10 Å². The normalized spacial score (nSPS) is 19.2. The van der Waals surface area contributed by atoms with E-state index in [2.05, 4.69) is 20.7 Å². The van der Waals surface area contributed by atoms with Gasteiger partial charge in [-0.15, -0.1) is 0 Å². The molecule has 1 atom stereocenters. The van der Waals surface area contributed by atoms with Crippen molar-refractivity contribution in [2.45, 2.75) is 32.4 Å². The number of imide groups is 1. The summed E-state index contributed by atoms with van der Waals surface area (Å²) < 4.78 is 1.75. The number of amides is 4. The van der Waals surface area contributed by atoms with Crippen molar-refractivity contribution in [2.75, 3.05) is 13.1 Å². The number of aromatic nitrogens is 3. The summed E-state index contributed by atoms with van der Waals surface area (Å²) in [5.41, 5.74) is 0. The van der Waals surface area contributed by atoms with Gasteiger partial charge in [-0.1, -0.05) is 0 Å². The van der Waals surface area contributed by atoms with Crippen molar-refractivity contribution >= 4 is 17.8 Å². The number of hydrogen-bond acceptors (Lipinski definition) is 5. The van der Waals surface area contributed by atoms with E-state index in [1.807, 2.05) is 6.92 Å². The smallest absolute Gasteiger partial charge is 0.325 e. The minimum absolute atomic E-state index is 0.0532. The Labute approximate surface area is 127 Å². The summed E-state index contributed by atoms with van der Waals surface area (Å²) >= 11 is 0. The highest BCUT2D eigenvalue weighted by atomic mass is 16.2. The molecule has 0 bridgehead atoms. The molecule has 2 aliphatic rings. The van der Waals surface area contributed by atoms with Crippen LogP contribution in [0.4, 0.5) is 4.79 Å². The first-order valence-corrected chi connectivity index (χ1v) is 7.35. The molecule has 9 heteroatoms. The molecule has 1 aromatic heterocycles. The number of nitrogens with zero attached hydrogens (tertiary/aromatic N) is 4. The molecule has 1 saturated carbocycles. The largest absolute Gasteiger partial charge is 0.344 e. The summed E-state index contributed by atoms with van der Waals surface area (Å²) in [5, 5.41) is 9.40. The molecule has 2 heterocycles. The maximum Gasteiger partial charge on any atom is 0.325 e. The van der Waals surface area contributed by atoms with Crippen molar-refractivity contribution in [2.24, 2.45) is 5.92 Å². The highest BCUT2D eigenvalue weighted by molar-refractivity contribution is 6.04. The third kappa shape index (κ3) is 2.78. The van der Waals surface area contributed by atoms with Crippen LogP contribution in [-0.4, -0.2) is 50.6 Å². The molecule has 0 spiro atoms. The van der Waals surface area contributed by atoms with Gasteiger partial charge in [-0.05, 0) is 25.7 Å². The van der Waals surface area contributed by atoms with Crippen molar-refractivity contribution in [1.29, 1.82) is 0 Å². The standard InChI is InChI=1S/C13H18N6O3/c1-2-19-12(15-7-16-19)11(8-3-4-8)17-9(20)6-18-10(21)5-14-13(18)22/h7-8,11H,2-6H2,1H3,(H,14,22)(H,17,20). The van der Waals surface area contributed by atoms with E-state index in [4.69, 9.17) is 0 Å². The number of urea groups is 1. The minimum Gasteiger partial charge on any atom is -0.344 e. The Morgan fingerprint density at radius 1 is 1.50 bits per heavy atom. The van der Waals surface area contributed by atoms with Crippen molar-refractivity contribution in [3.05, 3.63) is 12.2 Å². The van der Waals surface area contributed by atoms with Gasteiger partial charge in [0, 0.05) is 6.54 Å². The molecule has 118 valence electrons. The fourth-order valence-electron chi connectivity index (χ4n) is 2.56. The van der Waals surface area contributed by atoms with Crippen molar-refractivity contribution in [1.82, 2.24) is 30.3 Å². The van der Waals surface area contributed by atoms with Gasteiger partial charge < -0.3 is 10.6 Å². The molecule has 1 aliphatic heterocycles. The van der Waals surface area contributed by atoms with E-state index in [0.717, 1.165) is 23.6 Å². The average Bonchev–Trinajstić information content (AvgIpc) is 3.16. The van der Waals surface area contributed by atoms with E-state index in [1.165, 1.54) is 6.33 Å². The van der Waals surface area contributed by atoms with Gasteiger partial charge >= 0.3 is 6.03 Å². The van der Waals surface area contributed by atoms with Gasteiger partial charge in [-0.25, -0.2) is 14.5 Å². The van der Waals surface area contributed by atoms with Gasteiger partial charge in [-0.3, -0.25) is 14.5 Å². The number of carbonyl (C=O) groups excluding carboxylic acids is 3. The van der Waals surface area contributed by atoms with E-state index in [9.17, 15) is 14.4 Å². The SMILES string of the molecule is CCn1ncnc1C(NC(=O)CN1C(=O)CNC1=O)C1CC1. The zero-order valence-electron chi connectivity index (χ0n) is 12.3. The number of carbonyl (C=O) groups is 3. The maximum absolute atomic E-state index is 12.2. The predicted molar refractivity (Wildman–Crippen MR) is 74.4 cm³/mol. The van der Waals surface area contributed by atoms with Gasteiger partial charge in [0.25, 0.3) is 5.91 Å². The molecule has 22 heavy (non-hydrogen) atoms. The summed E-state index contributed by atoms with van der Waals surface area (Å²) in [5.74, 6) is 0.296. The molecular weight excluding hydrogens is 288 g/mol. The van der Waals surface area contributed by atoms with E-state index in [-0.39, 0.29) is 30.9 Å². The molecule has 2 N–H and O–H groups in total. The van der Waals surface area contributed by atoms with Crippen LogP contribution in [0.2, 0.25) is 0 Å². The Bertz CT molecular complexity index is 593. The molecule has 9 nitrogen and oxygen atoms in total. The van der Waals surface area contributed by atoms with Crippen molar-refractivity contribution in [3.63, 3.8) is 0 Å². The van der Waals surface area contributed by atoms with E-state index < -0.39 is 6.03 Å². The second-order valence-electron chi connectivity index (χ2n) is 5.46. The van der Waals surface area contributed by atoms with E-state index >= 15 is 0 Å². The lowest BCUT2D eigenvalue weighted by atomic mass is 10.1. The topological polar surface area (TPSA) is 109 Å². The maximum atomic E-state index is 12.2. The van der Waals surface area contributed by atoms with Crippen LogP contribution in [0.5, 0.6) is 0 Å². The van der Waals surface area contributed by atoms with Crippen molar-refractivity contribution < 1.29 is 14.4 Å². The molecule has 1 unspecified atom stereocenters. The zero-order chi connectivity index (χ0) is 15.7. The second kappa shape index (κ2) is 5.74. The highest BCUT2D eigenvalue weighted by Gasteiger charge is 2.37. The Kier molecular flexibility index (Phi) is 3.78. The van der Waals surface area contributed by atoms with Crippen LogP contribution in [-0.2, 0) is 16.1 Å². The molecule has 0 radical (unpaired) electrons. The fraction of sp³-hybridized carbons (Fsp3) is 0.615. The minimum atomic E-state index is -0.528. The van der Waals surface area contributed by atoms with Gasteiger partial charge in [0.2, 0.25) is 5.91 Å². The van der Waals surface area contributed by atoms with Crippen LogP contribution >= 0.6 is 0 Å². The lowest BCUT2D eigenvalue weighted by Gasteiger charge is -2.19. The quantitative estimate of drug-likeness (QED) is 0.683. The Balaban J connectivity index is 1.68. The van der Waals surface area contributed by atoms with Crippen LogP contribution in [0.3, 0.4) is 0 Å². The van der Waals surface area contributed by atoms with E-state index in [0.29, 0.717) is 12.5 Å². The number of nitrogens with one attached hydrogen (secondary N) is 2. The second-order valence-corrected chi connectivity index (χ2v) is 5.46. The molecule has 4 amide bonds. The monoisotopic (exact) mass is 306 g/mol. The van der Waals surface area contributed by atoms with Gasteiger partial charge in [0.1, 0.15) is 18.7 Å². The lowest BCUT2D eigenvalue weighted by molar-refractivity contribution is -0.131. The number of rotatable bonds is 6. The summed E-state index contributed by atoms with van der Waals surface area (Å²) in [6, 6.07) is -0.754. The first-order chi connectivity index (χ1) is 10.6. The predicted octanol–water partition coefficient (Wildman–Crippen LogP) is -0.583. The van der Waals surface area contributed by atoms with Crippen LogP contribution in [0.25, 0.3) is 0 Å². The van der Waals surface area contributed by atoms with Gasteiger partial charge in [0.15, 0.2) is 0 Å². The van der Waals surface area contributed by atoms with E-state index in [1.54, 1.807) is 4.68 Å². The first-order valence-electron chi connectivity index (χ1n) is 7.35. The molecule has 3 rings (SSSR count). The Morgan fingerprint density at radius 3 is 2.86 bits per heavy atom. The van der Waals surface area contributed by atoms with Crippen LogP contribution in [0, 0.1) is 5.92 Å². The highest BCUT2D eigenvalue weighted by Crippen LogP contribution is 2.40. The third-order valence-corrected chi connectivity index (χ3v) is 3.87. The summed E-state index contributed by atoms with van der Waals surface area (Å²) in [6.45, 7) is 2.30. The fourth-order valence-corrected chi connectivity index (χ4v) is 2.56. The molecule has 1 saturated heterocycles. The Hall–Kier alpha value is -2.45. The average molecular weight is 306 g/mol. The zero-order valence-corrected chi connectivity index (χ0v) is 12.3. The summed E-state index contributed by atoms with van der Waals surface area (Å²) in [7, 11) is 0. The molecule has 2 fully saturated rings. The molecular formula is C13H18N6O3. The van der Waals surface area contributed by atoms with Crippen molar-refractivity contribution in [3.8, 4) is 0 Å². The molecule has 1 aromatic rings. The lowest BCUT2D eigenvalue weighted by Crippen LogP contribution is -2.43. The van der Waals surface area contributed by atoms with Gasteiger partial charge in [0.05, 0.1) is 12.6 Å². The number of hydrogen-bond donors (Lipinski definition) is 2. The molecule has 1 aliphatic carbocycles. The summed E-state index contributed by atoms with van der Waals surface area (Å²) in [4.78, 5) is 40.3. The summed E-state index contributed by atoms with van der Waals surface area (Å²) in [6.07, 6.45) is 3.51. The van der Waals surface area contributed by atoms with Crippen LogP contribution in [0.1, 0.15) is 31.6 Å². The van der Waals surface area contributed by atoms with Crippen LogP contribution in [0.15, 0.2) is 6.33 Å². The van der Waals surface area contributed by atoms with Crippen LogP contribution < -0.4 is 10.6 Å². The third-order valence-electron chi connectivity index (χ3n) is 3.87. The molecule has 0 aromatic carbocycles. The first kappa shape index (κ1) is 14.5. The Morgan fingerprint density at radius 2 is 2.27 bits per heavy atom.